The van der Waals surface area contributed by atoms with Crippen LogP contribution in [-0.4, -0.2) is 50.3 Å². The Morgan fingerprint density at radius 1 is 1.35 bits per heavy atom. The standard InChI is InChI=1S/C11H12F3N3O5S/c1-16(2)10(18)6-15-8-4-3-7(5-9(8)17(19)20)23(21,22)11(12,13)14/h3-5,15H,6H2,1-2H3. The number of amides is 1. The molecule has 0 spiro atoms. The van der Waals surface area contributed by atoms with Gasteiger partial charge >= 0.3 is 5.51 Å². The Morgan fingerprint density at radius 3 is 2.35 bits per heavy atom. The van der Waals surface area contributed by atoms with Crippen LogP contribution in [0.15, 0.2) is 23.1 Å². The molecule has 0 atom stereocenters. The predicted octanol–water partition coefficient (Wildman–Crippen LogP) is 1.39. The zero-order chi connectivity index (χ0) is 18.0. The Bertz CT molecular complexity index is 731. The third-order valence-electron chi connectivity index (χ3n) is 2.71. The SMILES string of the molecule is CN(C)C(=O)CNc1ccc(S(=O)(=O)C(F)(F)F)cc1[N+](=O)[O-]. The Balaban J connectivity index is 3.24. The van der Waals surface area contributed by atoms with E-state index in [-0.39, 0.29) is 12.2 Å². The summed E-state index contributed by atoms with van der Waals surface area (Å²) in [6.07, 6.45) is 0. The first-order valence-electron chi connectivity index (χ1n) is 5.91. The maximum absolute atomic E-state index is 12.5. The van der Waals surface area contributed by atoms with Crippen molar-refractivity contribution in [2.24, 2.45) is 0 Å². The summed E-state index contributed by atoms with van der Waals surface area (Å²) < 4.78 is 59.9. The van der Waals surface area contributed by atoms with E-state index in [0.717, 1.165) is 6.07 Å². The molecule has 0 radical (unpaired) electrons. The minimum absolute atomic E-state index is 0.272. The molecule has 1 rings (SSSR count). The summed E-state index contributed by atoms with van der Waals surface area (Å²) in [5.41, 5.74) is -6.73. The van der Waals surface area contributed by atoms with Crippen molar-refractivity contribution in [3.8, 4) is 0 Å². The smallest absolute Gasteiger partial charge is 0.371 e. The summed E-state index contributed by atoms with van der Waals surface area (Å²) >= 11 is 0. The molecule has 0 heterocycles. The zero-order valence-electron chi connectivity index (χ0n) is 11.9. The minimum atomic E-state index is -5.70. The lowest BCUT2D eigenvalue weighted by molar-refractivity contribution is -0.384. The maximum Gasteiger partial charge on any atom is 0.501 e. The Kier molecular flexibility index (Phi) is 5.20. The number of nitro groups is 1. The number of anilines is 1. The summed E-state index contributed by atoms with van der Waals surface area (Å²) in [6, 6.07) is 1.68. The van der Waals surface area contributed by atoms with E-state index in [2.05, 4.69) is 5.32 Å². The van der Waals surface area contributed by atoms with Gasteiger partial charge in [0.2, 0.25) is 5.91 Å². The fourth-order valence-corrected chi connectivity index (χ4v) is 2.22. The zero-order valence-corrected chi connectivity index (χ0v) is 12.7. The average Bonchev–Trinajstić information content (AvgIpc) is 2.42. The maximum atomic E-state index is 12.5. The van der Waals surface area contributed by atoms with E-state index >= 15 is 0 Å². The van der Waals surface area contributed by atoms with E-state index in [1.807, 2.05) is 0 Å². The summed E-state index contributed by atoms with van der Waals surface area (Å²) in [4.78, 5) is 21.2. The number of nitrogens with one attached hydrogen (secondary N) is 1. The van der Waals surface area contributed by atoms with Gasteiger partial charge in [-0.3, -0.25) is 14.9 Å². The third-order valence-corrected chi connectivity index (χ3v) is 4.19. The van der Waals surface area contributed by atoms with Gasteiger partial charge in [0, 0.05) is 20.2 Å². The van der Waals surface area contributed by atoms with Crippen LogP contribution in [0.4, 0.5) is 24.5 Å². The van der Waals surface area contributed by atoms with Gasteiger partial charge in [-0.2, -0.15) is 13.2 Å². The van der Waals surface area contributed by atoms with Gasteiger partial charge in [-0.05, 0) is 12.1 Å². The van der Waals surface area contributed by atoms with E-state index in [0.29, 0.717) is 12.1 Å². The second-order valence-electron chi connectivity index (χ2n) is 4.53. The molecule has 0 aliphatic rings. The van der Waals surface area contributed by atoms with Gasteiger partial charge in [0.05, 0.1) is 16.4 Å². The lowest BCUT2D eigenvalue weighted by Crippen LogP contribution is -2.28. The third kappa shape index (κ3) is 4.09. The van der Waals surface area contributed by atoms with Gasteiger partial charge in [0.15, 0.2) is 0 Å². The lowest BCUT2D eigenvalue weighted by Gasteiger charge is -2.13. The van der Waals surface area contributed by atoms with Crippen LogP contribution in [0.2, 0.25) is 0 Å². The van der Waals surface area contributed by atoms with Crippen LogP contribution in [-0.2, 0) is 14.6 Å². The molecule has 12 heteroatoms. The summed E-state index contributed by atoms with van der Waals surface area (Å²) in [5.74, 6) is -0.439. The number of halogens is 3. The van der Waals surface area contributed by atoms with Crippen molar-refractivity contribution < 1.29 is 31.3 Å². The molecule has 1 amide bonds. The van der Waals surface area contributed by atoms with E-state index < -0.39 is 36.8 Å². The first-order chi connectivity index (χ1) is 10.4. The van der Waals surface area contributed by atoms with Gasteiger partial charge in [-0.1, -0.05) is 0 Å². The van der Waals surface area contributed by atoms with Crippen molar-refractivity contribution in [1.82, 2.24) is 4.90 Å². The molecular formula is C11H12F3N3O5S. The molecule has 0 aliphatic carbocycles. The first-order valence-corrected chi connectivity index (χ1v) is 7.40. The van der Waals surface area contributed by atoms with Gasteiger partial charge < -0.3 is 10.2 Å². The van der Waals surface area contributed by atoms with Crippen LogP contribution < -0.4 is 5.32 Å². The quantitative estimate of drug-likeness (QED) is 0.631. The van der Waals surface area contributed by atoms with Crippen LogP contribution in [0.1, 0.15) is 0 Å². The Labute approximate surface area is 129 Å². The van der Waals surface area contributed by atoms with Crippen molar-refractivity contribution in [1.29, 1.82) is 0 Å². The number of carbonyl (C=O) groups is 1. The summed E-state index contributed by atoms with van der Waals surface area (Å²) in [6.45, 7) is -0.348. The van der Waals surface area contributed by atoms with E-state index in [4.69, 9.17) is 0 Å². The van der Waals surface area contributed by atoms with E-state index in [1.54, 1.807) is 0 Å². The summed E-state index contributed by atoms with van der Waals surface area (Å²) in [7, 11) is -2.82. The number of alkyl halides is 3. The number of sulfone groups is 1. The second kappa shape index (κ2) is 6.40. The van der Waals surface area contributed by atoms with Crippen LogP contribution in [0, 0.1) is 10.1 Å². The van der Waals surface area contributed by atoms with Crippen molar-refractivity contribution in [2.45, 2.75) is 10.4 Å². The highest BCUT2D eigenvalue weighted by Gasteiger charge is 2.47. The highest BCUT2D eigenvalue weighted by atomic mass is 32.2. The van der Waals surface area contributed by atoms with Gasteiger partial charge in [-0.25, -0.2) is 8.42 Å². The lowest BCUT2D eigenvalue weighted by atomic mass is 10.2. The molecule has 0 bridgehead atoms. The van der Waals surface area contributed by atoms with Crippen molar-refractivity contribution >= 4 is 27.1 Å². The number of nitrogens with zero attached hydrogens (tertiary/aromatic N) is 2. The largest absolute Gasteiger partial charge is 0.501 e. The van der Waals surface area contributed by atoms with Crippen molar-refractivity contribution in [2.75, 3.05) is 26.0 Å². The molecule has 0 saturated carbocycles. The molecule has 23 heavy (non-hydrogen) atoms. The fourth-order valence-electron chi connectivity index (χ4n) is 1.44. The minimum Gasteiger partial charge on any atom is -0.371 e. The molecule has 8 nitrogen and oxygen atoms in total. The number of hydrogen-bond acceptors (Lipinski definition) is 6. The molecule has 0 saturated heterocycles. The molecule has 1 aromatic carbocycles. The number of hydrogen-bond donors (Lipinski definition) is 1. The monoisotopic (exact) mass is 355 g/mol. The van der Waals surface area contributed by atoms with Crippen molar-refractivity contribution in [3.05, 3.63) is 28.3 Å². The van der Waals surface area contributed by atoms with Crippen LogP contribution in [0.5, 0.6) is 0 Å². The summed E-state index contributed by atoms with van der Waals surface area (Å²) in [5, 5.41) is 13.3. The topological polar surface area (TPSA) is 110 Å². The van der Waals surface area contributed by atoms with Crippen molar-refractivity contribution in [3.63, 3.8) is 0 Å². The number of carbonyl (C=O) groups excluding carboxylic acids is 1. The molecule has 128 valence electrons. The Morgan fingerprint density at radius 2 is 1.91 bits per heavy atom. The number of benzene rings is 1. The number of nitro benzene ring substituents is 1. The predicted molar refractivity (Wildman–Crippen MR) is 73.5 cm³/mol. The van der Waals surface area contributed by atoms with Crippen LogP contribution in [0.25, 0.3) is 0 Å². The molecule has 1 N–H and O–H groups in total. The highest BCUT2D eigenvalue weighted by Crippen LogP contribution is 2.34. The number of likely N-dealkylation sites (N-methyl/N-ethyl adjacent to an activating group) is 1. The molecule has 0 aliphatic heterocycles. The number of rotatable bonds is 5. The second-order valence-corrected chi connectivity index (χ2v) is 6.47. The average molecular weight is 355 g/mol. The highest BCUT2D eigenvalue weighted by molar-refractivity contribution is 7.92. The molecule has 0 fully saturated rings. The van der Waals surface area contributed by atoms with Crippen LogP contribution >= 0.6 is 0 Å². The van der Waals surface area contributed by atoms with Gasteiger partial charge in [0.1, 0.15) is 5.69 Å². The molecule has 0 aromatic heterocycles. The van der Waals surface area contributed by atoms with Crippen LogP contribution in [0.3, 0.4) is 0 Å². The fraction of sp³-hybridized carbons (Fsp3) is 0.364. The first kappa shape index (κ1) is 18.7. The van der Waals surface area contributed by atoms with Gasteiger partial charge in [-0.15, -0.1) is 0 Å². The Hall–Kier alpha value is -2.37. The normalized spacial score (nSPS) is 11.9. The molecule has 1 aromatic rings. The van der Waals surface area contributed by atoms with E-state index in [9.17, 15) is 36.5 Å². The van der Waals surface area contributed by atoms with E-state index in [1.165, 1.54) is 19.0 Å². The molecule has 0 unspecified atom stereocenters. The van der Waals surface area contributed by atoms with Gasteiger partial charge in [0.25, 0.3) is 15.5 Å². The molecular weight excluding hydrogens is 343 g/mol.